The Kier molecular flexibility index (Phi) is 14.3. The number of likely N-dealkylation sites (tertiary alicyclic amines) is 1. The number of allylic oxidation sites excluding steroid dienone is 2. The average Bonchev–Trinajstić information content (AvgIpc) is 3.48. The lowest BCUT2D eigenvalue weighted by atomic mass is 9.78. The zero-order chi connectivity index (χ0) is 44.2. The van der Waals surface area contributed by atoms with E-state index in [0.29, 0.717) is 0 Å². The maximum atomic E-state index is 14.4. The Bertz CT molecular complexity index is 2120. The fourth-order valence-electron chi connectivity index (χ4n) is 8.10. The van der Waals surface area contributed by atoms with Crippen molar-refractivity contribution in [3.8, 4) is 23.0 Å². The predicted octanol–water partition coefficient (Wildman–Crippen LogP) is 5.60. The number of amides is 1. The smallest absolute Gasteiger partial charge is 0.312 e. The van der Waals surface area contributed by atoms with E-state index in [9.17, 15) is 39.9 Å². The number of nitrogens with zero attached hydrogens (tertiary/aromatic N) is 3. The Morgan fingerprint density at radius 1 is 0.933 bits per heavy atom. The lowest BCUT2D eigenvalue weighted by Gasteiger charge is -2.38. The molecule has 1 amide bonds. The number of phenolic OH excluding ortho intramolecular Hbond substituents is 3. The maximum absolute atomic E-state index is 14.4. The van der Waals surface area contributed by atoms with Gasteiger partial charge in [0, 0.05) is 74.2 Å². The van der Waals surface area contributed by atoms with E-state index in [-0.39, 0.29) is 44.5 Å². The van der Waals surface area contributed by atoms with Crippen molar-refractivity contribution < 1.29 is 58.9 Å². The van der Waals surface area contributed by atoms with Crippen molar-refractivity contribution in [2.75, 3.05) is 25.5 Å². The number of phenols is 3. The van der Waals surface area contributed by atoms with Crippen LogP contribution in [0, 0.1) is 30.6 Å². The minimum atomic E-state index is -2.06. The molecule has 1 unspecified atom stereocenters. The summed E-state index contributed by atoms with van der Waals surface area (Å²) in [5.41, 5.74) is -0.544. The number of aliphatic hydroxyl groups excluding tert-OH is 2. The van der Waals surface area contributed by atoms with Gasteiger partial charge in [-0.25, -0.2) is 0 Å². The Balaban J connectivity index is 1.69. The second-order valence-electron chi connectivity index (χ2n) is 16.2. The van der Waals surface area contributed by atoms with Crippen LogP contribution in [0.25, 0.3) is 10.8 Å². The van der Waals surface area contributed by atoms with Gasteiger partial charge in [0.15, 0.2) is 5.75 Å². The highest BCUT2D eigenvalue weighted by Crippen LogP contribution is 2.55. The first-order valence-electron chi connectivity index (χ1n) is 20.2. The number of carbonyl (C=O) groups is 3. The third kappa shape index (κ3) is 9.15. The fraction of sp³-hybridized carbons (Fsp3) is 0.523. The molecule has 60 heavy (non-hydrogen) atoms. The first-order valence-corrected chi connectivity index (χ1v) is 20.2. The minimum absolute atomic E-state index is 0.0408. The van der Waals surface area contributed by atoms with Crippen molar-refractivity contribution in [2.45, 2.75) is 105 Å². The molecule has 4 aliphatic heterocycles. The van der Waals surface area contributed by atoms with Gasteiger partial charge in [-0.2, -0.15) is 5.10 Å². The lowest BCUT2D eigenvalue weighted by Crippen LogP contribution is -2.46. The van der Waals surface area contributed by atoms with Gasteiger partial charge in [-0.1, -0.05) is 45.9 Å². The number of rotatable bonds is 5. The predicted molar refractivity (Wildman–Crippen MR) is 225 cm³/mol. The van der Waals surface area contributed by atoms with Crippen LogP contribution in [0.15, 0.2) is 46.3 Å². The summed E-state index contributed by atoms with van der Waals surface area (Å²) < 4.78 is 23.6. The molecular weight excluding hydrogens is 776 g/mol. The lowest BCUT2D eigenvalue weighted by molar-refractivity contribution is -0.160. The monoisotopic (exact) mass is 834 g/mol. The van der Waals surface area contributed by atoms with Crippen LogP contribution in [0.1, 0.15) is 89.2 Å². The third-order valence-electron chi connectivity index (χ3n) is 11.9. The number of aromatic hydroxyl groups is 3. The number of aliphatic hydroxyl groups is 2. The van der Waals surface area contributed by atoms with E-state index in [1.165, 1.54) is 53.2 Å². The zero-order valence-corrected chi connectivity index (χ0v) is 35.6. The van der Waals surface area contributed by atoms with Crippen molar-refractivity contribution in [1.82, 2.24) is 4.90 Å². The van der Waals surface area contributed by atoms with Gasteiger partial charge in [-0.15, -0.1) is 5.10 Å². The second-order valence-corrected chi connectivity index (χ2v) is 16.2. The number of benzene rings is 2. The fourth-order valence-corrected chi connectivity index (χ4v) is 8.10. The molecule has 2 aromatic carbocycles. The summed E-state index contributed by atoms with van der Waals surface area (Å²) in [6, 6.07) is 0. The van der Waals surface area contributed by atoms with Gasteiger partial charge in [-0.05, 0) is 39.2 Å². The molecule has 16 heteroatoms. The first kappa shape index (κ1) is 45.6. The molecule has 5 bridgehead atoms. The molecule has 4 heterocycles. The molecule has 0 spiro atoms. The Labute approximate surface area is 349 Å². The molecule has 1 saturated heterocycles. The minimum Gasteiger partial charge on any atom is -0.507 e. The molecule has 1 fully saturated rings. The van der Waals surface area contributed by atoms with Crippen LogP contribution in [-0.4, -0.2) is 111 Å². The van der Waals surface area contributed by atoms with E-state index in [0.717, 1.165) is 38.6 Å². The molecule has 9 atom stereocenters. The summed E-state index contributed by atoms with van der Waals surface area (Å²) in [6.45, 7) is 14.1. The van der Waals surface area contributed by atoms with Gasteiger partial charge in [0.1, 0.15) is 29.7 Å². The van der Waals surface area contributed by atoms with E-state index in [1.54, 1.807) is 46.2 Å². The standard InChI is InChI=1S/C44H58N4O12/c1-22-14-13-15-23(2)43(56)47-34-29(20-45-46-21-48-17-11-10-12-18-48)38(53)31-32(39(34)54)37(52)27(6)41-33(31)42(55)44(8,60-41)58-19-16-30(57-9)24(3)40(59-28(7)49)26(5)36(51)25(4)35(22)50/h13-16,19-22,24-26,30,35-36,40,50-54H,10-12,17-18H2,1-9H3,(H,47,56)/t22-,24+,25+,26-,30-,35-,36-,40+,44?/m0/s1. The summed E-state index contributed by atoms with van der Waals surface area (Å²) in [5.74, 6) is -8.56. The number of anilines is 1. The van der Waals surface area contributed by atoms with Crippen molar-refractivity contribution in [3.05, 3.63) is 52.8 Å². The van der Waals surface area contributed by atoms with Crippen LogP contribution in [0.5, 0.6) is 23.0 Å². The van der Waals surface area contributed by atoms with Crippen LogP contribution in [-0.2, 0) is 23.8 Å². The first-order chi connectivity index (χ1) is 28.3. The number of nitrogens with one attached hydrogen (secondary N) is 1. The molecular formula is C44H58N4O12. The highest BCUT2D eigenvalue weighted by atomic mass is 16.7. The summed E-state index contributed by atoms with van der Waals surface area (Å²) in [6.07, 6.45) is 9.29. The van der Waals surface area contributed by atoms with E-state index in [4.69, 9.17) is 18.9 Å². The highest BCUT2D eigenvalue weighted by molar-refractivity contribution is 6.23. The Hall–Kier alpha value is -5.45. The topological polar surface area (TPSA) is 229 Å². The van der Waals surface area contributed by atoms with Gasteiger partial charge in [0.05, 0.1) is 53.0 Å². The van der Waals surface area contributed by atoms with Crippen LogP contribution in [0.4, 0.5) is 5.69 Å². The van der Waals surface area contributed by atoms with Crippen molar-refractivity contribution in [3.63, 3.8) is 0 Å². The number of ketones is 1. The van der Waals surface area contributed by atoms with Crippen LogP contribution >= 0.6 is 0 Å². The van der Waals surface area contributed by atoms with E-state index < -0.39 is 88.8 Å². The van der Waals surface area contributed by atoms with Crippen molar-refractivity contribution in [1.29, 1.82) is 0 Å². The Morgan fingerprint density at radius 2 is 1.62 bits per heavy atom. The molecule has 0 aromatic heterocycles. The van der Waals surface area contributed by atoms with Gasteiger partial charge in [-0.3, -0.25) is 14.4 Å². The third-order valence-corrected chi connectivity index (χ3v) is 11.9. The molecule has 6 rings (SSSR count). The van der Waals surface area contributed by atoms with Gasteiger partial charge in [0.25, 0.3) is 11.7 Å². The second kappa shape index (κ2) is 18.9. The zero-order valence-electron chi connectivity index (χ0n) is 35.6. The quantitative estimate of drug-likeness (QED) is 0.0539. The average molecular weight is 835 g/mol. The number of piperidine rings is 1. The number of carbonyl (C=O) groups excluding carboxylic acids is 3. The van der Waals surface area contributed by atoms with E-state index in [2.05, 4.69) is 15.5 Å². The normalized spacial score (nSPS) is 29.6. The molecule has 326 valence electrons. The molecule has 2 aromatic rings. The largest absolute Gasteiger partial charge is 0.507 e. The van der Waals surface area contributed by atoms with Crippen molar-refractivity contribution >= 4 is 46.7 Å². The summed E-state index contributed by atoms with van der Waals surface area (Å²) in [7, 11) is 1.43. The SMILES string of the molecule is CO[C@H]1C=COC2(C)Oc3c(C)c(O)c4c(O)c(c(C=NN=CN5CCCCC5)c(O)c4c3C2=O)NC(=O)C(C)=CC=C[C@H](C)[C@H](O)[C@@H](C)[C@H](O)[C@H](C)[C@H](OC(C)=O)[C@@H]1C. The van der Waals surface area contributed by atoms with Gasteiger partial charge < -0.3 is 54.7 Å². The molecule has 0 radical (unpaired) electrons. The number of hydrogen-bond acceptors (Lipinski definition) is 14. The van der Waals surface area contributed by atoms with E-state index in [1.807, 2.05) is 4.90 Å². The van der Waals surface area contributed by atoms with Crippen LogP contribution in [0.2, 0.25) is 0 Å². The van der Waals surface area contributed by atoms with E-state index >= 15 is 0 Å². The summed E-state index contributed by atoms with van der Waals surface area (Å²) in [4.78, 5) is 42.4. The number of fused-ring (bicyclic) bond motifs is 14. The van der Waals surface area contributed by atoms with Crippen LogP contribution in [0.3, 0.4) is 0 Å². The number of hydrogen-bond donors (Lipinski definition) is 6. The van der Waals surface area contributed by atoms with Crippen molar-refractivity contribution in [2.24, 2.45) is 33.9 Å². The molecule has 16 nitrogen and oxygen atoms in total. The maximum Gasteiger partial charge on any atom is 0.312 e. The number of esters is 1. The summed E-state index contributed by atoms with van der Waals surface area (Å²) in [5, 5.41) is 68.6. The van der Waals surface area contributed by atoms with Crippen LogP contribution < -0.4 is 10.1 Å². The number of methoxy groups -OCH3 is 1. The number of ether oxygens (including phenoxy) is 4. The molecule has 0 aliphatic carbocycles. The molecule has 0 saturated carbocycles. The highest BCUT2D eigenvalue weighted by Gasteiger charge is 2.50. The Morgan fingerprint density at radius 3 is 2.27 bits per heavy atom. The summed E-state index contributed by atoms with van der Waals surface area (Å²) >= 11 is 0. The molecule has 6 N–H and O–H groups in total. The van der Waals surface area contributed by atoms with Gasteiger partial charge >= 0.3 is 11.8 Å². The number of Topliss-reactive ketones (excluding diaryl/α,β-unsaturated/α-hetero) is 1. The van der Waals surface area contributed by atoms with Gasteiger partial charge in [0.2, 0.25) is 0 Å². The molecule has 4 aliphatic rings.